The number of anilines is 1. The first-order valence-corrected chi connectivity index (χ1v) is 9.96. The van der Waals surface area contributed by atoms with E-state index >= 15 is 0 Å². The van der Waals surface area contributed by atoms with Crippen LogP contribution in [0.4, 0.5) is 5.82 Å². The van der Waals surface area contributed by atoms with Crippen LogP contribution in [0.2, 0.25) is 0 Å². The summed E-state index contributed by atoms with van der Waals surface area (Å²) in [6.07, 6.45) is 7.55. The minimum Gasteiger partial charge on any atom is -0.370 e. The van der Waals surface area contributed by atoms with Gasteiger partial charge in [-0.1, -0.05) is 13.8 Å². The molecule has 1 N–H and O–H groups in total. The summed E-state index contributed by atoms with van der Waals surface area (Å²) < 4.78 is 0. The summed E-state index contributed by atoms with van der Waals surface area (Å²) in [4.78, 5) is 28.4. The Morgan fingerprint density at radius 3 is 2.85 bits per heavy atom. The highest BCUT2D eigenvalue weighted by atomic mass is 16.2. The van der Waals surface area contributed by atoms with E-state index in [1.54, 1.807) is 6.20 Å². The van der Waals surface area contributed by atoms with Crippen molar-refractivity contribution in [3.05, 3.63) is 47.2 Å². The van der Waals surface area contributed by atoms with Crippen LogP contribution in [-0.2, 0) is 6.42 Å². The zero-order chi connectivity index (χ0) is 18.8. The molecule has 2 aromatic heterocycles. The molecule has 27 heavy (non-hydrogen) atoms. The Labute approximate surface area is 160 Å². The molecule has 4 rings (SSSR count). The van der Waals surface area contributed by atoms with Gasteiger partial charge in [0.1, 0.15) is 11.6 Å². The van der Waals surface area contributed by atoms with Crippen molar-refractivity contribution in [2.45, 2.75) is 51.4 Å². The van der Waals surface area contributed by atoms with E-state index in [1.165, 1.54) is 0 Å². The van der Waals surface area contributed by atoms with E-state index in [-0.39, 0.29) is 5.91 Å². The van der Waals surface area contributed by atoms with Gasteiger partial charge in [0.05, 0.1) is 5.56 Å². The molecule has 0 spiro atoms. The van der Waals surface area contributed by atoms with Crippen LogP contribution in [0.5, 0.6) is 0 Å². The lowest BCUT2D eigenvalue weighted by Gasteiger charge is -2.32. The smallest absolute Gasteiger partial charge is 0.255 e. The number of piperidine rings is 1. The van der Waals surface area contributed by atoms with Gasteiger partial charge in [-0.2, -0.15) is 0 Å². The number of hydrogen-bond donors (Lipinski definition) is 1. The van der Waals surface area contributed by atoms with Gasteiger partial charge in [0.25, 0.3) is 5.91 Å². The van der Waals surface area contributed by atoms with Gasteiger partial charge in [0, 0.05) is 49.6 Å². The second kappa shape index (κ2) is 7.62. The summed E-state index contributed by atoms with van der Waals surface area (Å²) in [7, 11) is 0. The lowest BCUT2D eigenvalue weighted by molar-refractivity contribution is 0.0711. The van der Waals surface area contributed by atoms with Gasteiger partial charge in [-0.15, -0.1) is 0 Å². The highest BCUT2D eigenvalue weighted by Gasteiger charge is 2.26. The largest absolute Gasteiger partial charge is 0.370 e. The molecule has 0 saturated carbocycles. The number of aryl methyl sites for hydroxylation is 1. The molecule has 6 heteroatoms. The maximum Gasteiger partial charge on any atom is 0.255 e. The molecule has 2 aliphatic heterocycles. The Morgan fingerprint density at radius 2 is 2.07 bits per heavy atom. The maximum atomic E-state index is 12.9. The number of aromatic nitrogens is 3. The predicted octanol–water partition coefficient (Wildman–Crippen LogP) is 3.37. The van der Waals surface area contributed by atoms with Gasteiger partial charge in [0.2, 0.25) is 0 Å². The monoisotopic (exact) mass is 365 g/mol. The SMILES string of the molecule is CC(C)c1nccc(C2CCN(C(=O)c3cnc4c(c3)CCCN4)CC2)n1. The molecule has 0 aromatic carbocycles. The first-order chi connectivity index (χ1) is 13.1. The number of hydrogen-bond acceptors (Lipinski definition) is 5. The van der Waals surface area contributed by atoms with Gasteiger partial charge < -0.3 is 10.2 Å². The Balaban J connectivity index is 1.42. The van der Waals surface area contributed by atoms with Crippen molar-refractivity contribution in [3.8, 4) is 0 Å². The molecule has 142 valence electrons. The van der Waals surface area contributed by atoms with Crippen LogP contribution in [0, 0.1) is 0 Å². The van der Waals surface area contributed by atoms with Crippen LogP contribution in [0.25, 0.3) is 0 Å². The van der Waals surface area contributed by atoms with Crippen molar-refractivity contribution in [1.29, 1.82) is 0 Å². The van der Waals surface area contributed by atoms with Crippen LogP contribution in [0.15, 0.2) is 24.5 Å². The number of amides is 1. The third-order valence-electron chi connectivity index (χ3n) is 5.54. The standard InChI is InChI=1S/C21H27N5O/c1-14(2)19-23-9-5-18(25-19)15-6-10-26(11-7-15)21(27)17-12-16-4-3-8-22-20(16)24-13-17/h5,9,12-15H,3-4,6-8,10-11H2,1-2H3,(H,22,24). The van der Waals surface area contributed by atoms with E-state index in [9.17, 15) is 4.79 Å². The molecule has 0 atom stereocenters. The highest BCUT2D eigenvalue weighted by Crippen LogP contribution is 2.28. The van der Waals surface area contributed by atoms with Crippen LogP contribution in [0.3, 0.4) is 0 Å². The summed E-state index contributed by atoms with van der Waals surface area (Å²) in [6, 6.07) is 4.04. The average molecular weight is 365 g/mol. The van der Waals surface area contributed by atoms with Crippen molar-refractivity contribution in [3.63, 3.8) is 0 Å². The lowest BCUT2D eigenvalue weighted by Crippen LogP contribution is -2.38. The van der Waals surface area contributed by atoms with Gasteiger partial charge in [0.15, 0.2) is 0 Å². The molecule has 2 aliphatic rings. The van der Waals surface area contributed by atoms with Gasteiger partial charge in [-0.25, -0.2) is 15.0 Å². The minimum absolute atomic E-state index is 0.0971. The maximum absolute atomic E-state index is 12.9. The number of rotatable bonds is 3. The predicted molar refractivity (Wildman–Crippen MR) is 105 cm³/mol. The minimum atomic E-state index is 0.0971. The molecule has 0 radical (unpaired) electrons. The zero-order valence-electron chi connectivity index (χ0n) is 16.1. The van der Waals surface area contributed by atoms with Crippen molar-refractivity contribution in [2.24, 2.45) is 0 Å². The molecule has 0 bridgehead atoms. The van der Waals surface area contributed by atoms with Gasteiger partial charge in [-0.05, 0) is 43.4 Å². The van der Waals surface area contributed by atoms with Gasteiger partial charge in [-0.3, -0.25) is 4.79 Å². The Hall–Kier alpha value is -2.50. The first-order valence-electron chi connectivity index (χ1n) is 9.96. The molecule has 1 saturated heterocycles. The van der Waals surface area contributed by atoms with Crippen LogP contribution < -0.4 is 5.32 Å². The fraction of sp³-hybridized carbons (Fsp3) is 0.524. The van der Waals surface area contributed by atoms with E-state index in [0.717, 1.165) is 68.2 Å². The van der Waals surface area contributed by atoms with E-state index in [1.807, 2.05) is 23.2 Å². The van der Waals surface area contributed by atoms with E-state index in [0.29, 0.717) is 17.4 Å². The zero-order valence-corrected chi connectivity index (χ0v) is 16.1. The summed E-state index contributed by atoms with van der Waals surface area (Å²) in [5.74, 6) is 2.67. The van der Waals surface area contributed by atoms with E-state index in [4.69, 9.17) is 4.98 Å². The van der Waals surface area contributed by atoms with E-state index in [2.05, 4.69) is 29.1 Å². The Bertz CT molecular complexity index is 827. The molecule has 0 unspecified atom stereocenters. The molecule has 6 nitrogen and oxygen atoms in total. The van der Waals surface area contributed by atoms with Crippen LogP contribution >= 0.6 is 0 Å². The average Bonchev–Trinajstić information content (AvgIpc) is 2.73. The topological polar surface area (TPSA) is 71.0 Å². The molecule has 4 heterocycles. The summed E-state index contributed by atoms with van der Waals surface area (Å²) in [5.41, 5.74) is 2.98. The lowest BCUT2D eigenvalue weighted by atomic mass is 9.92. The summed E-state index contributed by atoms with van der Waals surface area (Å²) >= 11 is 0. The second-order valence-electron chi connectivity index (χ2n) is 7.82. The number of nitrogens with zero attached hydrogens (tertiary/aromatic N) is 4. The quantitative estimate of drug-likeness (QED) is 0.903. The van der Waals surface area contributed by atoms with Crippen molar-refractivity contribution in [1.82, 2.24) is 19.9 Å². The molecule has 0 aliphatic carbocycles. The van der Waals surface area contributed by atoms with Crippen LogP contribution in [0.1, 0.15) is 72.4 Å². The Kier molecular flexibility index (Phi) is 5.05. The number of carbonyl (C=O) groups excluding carboxylic acids is 1. The van der Waals surface area contributed by atoms with E-state index < -0.39 is 0 Å². The second-order valence-corrected chi connectivity index (χ2v) is 7.82. The molecule has 1 fully saturated rings. The first kappa shape index (κ1) is 17.9. The van der Waals surface area contributed by atoms with Crippen molar-refractivity contribution in [2.75, 3.05) is 25.0 Å². The number of fused-ring (bicyclic) bond motifs is 1. The van der Waals surface area contributed by atoms with Crippen molar-refractivity contribution >= 4 is 11.7 Å². The number of carbonyl (C=O) groups is 1. The number of pyridine rings is 1. The molecular formula is C21H27N5O. The molecular weight excluding hydrogens is 338 g/mol. The van der Waals surface area contributed by atoms with Gasteiger partial charge >= 0.3 is 0 Å². The fourth-order valence-electron chi connectivity index (χ4n) is 3.92. The number of likely N-dealkylation sites (tertiary alicyclic amines) is 1. The third kappa shape index (κ3) is 3.80. The van der Waals surface area contributed by atoms with Crippen molar-refractivity contribution < 1.29 is 4.79 Å². The highest BCUT2D eigenvalue weighted by molar-refractivity contribution is 5.94. The summed E-state index contributed by atoms with van der Waals surface area (Å²) in [5, 5.41) is 3.30. The number of nitrogens with one attached hydrogen (secondary N) is 1. The third-order valence-corrected chi connectivity index (χ3v) is 5.54. The normalized spacial score (nSPS) is 17.5. The summed E-state index contributed by atoms with van der Waals surface area (Å²) in [6.45, 7) is 6.72. The molecule has 2 aromatic rings. The Morgan fingerprint density at radius 1 is 1.26 bits per heavy atom. The molecule has 1 amide bonds. The van der Waals surface area contributed by atoms with Crippen LogP contribution in [-0.4, -0.2) is 45.4 Å². The fourth-order valence-corrected chi connectivity index (χ4v) is 3.92.